The van der Waals surface area contributed by atoms with Gasteiger partial charge in [0.15, 0.2) is 0 Å². The minimum absolute atomic E-state index is 0. The van der Waals surface area contributed by atoms with E-state index in [4.69, 9.17) is 10.5 Å². The summed E-state index contributed by atoms with van der Waals surface area (Å²) in [6.07, 6.45) is 0.751. The van der Waals surface area contributed by atoms with E-state index in [0.29, 0.717) is 19.1 Å². The number of rotatable bonds is 8. The highest BCUT2D eigenvalue weighted by atomic mass is 35.5. The van der Waals surface area contributed by atoms with Crippen LogP contribution < -0.4 is 15.8 Å². The van der Waals surface area contributed by atoms with Crippen molar-refractivity contribution in [1.82, 2.24) is 5.32 Å². The molecule has 0 spiro atoms. The van der Waals surface area contributed by atoms with Gasteiger partial charge >= 0.3 is 0 Å². The van der Waals surface area contributed by atoms with Gasteiger partial charge in [0, 0.05) is 6.54 Å². The van der Waals surface area contributed by atoms with Crippen LogP contribution in [0.1, 0.15) is 31.9 Å². The third-order valence-electron chi connectivity index (χ3n) is 4.05. The zero-order valence-electron chi connectivity index (χ0n) is 15.7. The number of amides is 1. The fourth-order valence-electron chi connectivity index (χ4n) is 2.43. The maximum absolute atomic E-state index is 12.4. The average Bonchev–Trinajstić information content (AvgIpc) is 2.61. The van der Waals surface area contributed by atoms with E-state index >= 15 is 0 Å². The van der Waals surface area contributed by atoms with Crippen LogP contribution in [0, 0.1) is 5.92 Å². The van der Waals surface area contributed by atoms with Crippen LogP contribution in [0.15, 0.2) is 54.6 Å². The third-order valence-corrected chi connectivity index (χ3v) is 4.05. The Bertz CT molecular complexity index is 670. The Morgan fingerprint density at radius 3 is 2.31 bits per heavy atom. The topological polar surface area (TPSA) is 64.3 Å². The molecule has 2 rings (SSSR count). The zero-order chi connectivity index (χ0) is 18.3. The molecule has 4 nitrogen and oxygen atoms in total. The normalized spacial score (nSPS) is 12.8. The second kappa shape index (κ2) is 10.2. The molecule has 1 unspecified atom stereocenters. The molecule has 0 aliphatic rings. The molecule has 5 heteroatoms. The van der Waals surface area contributed by atoms with Gasteiger partial charge in [-0.1, -0.05) is 56.3 Å². The molecule has 1 amide bonds. The molecule has 0 aromatic heterocycles. The lowest BCUT2D eigenvalue weighted by Gasteiger charge is -2.24. The largest absolute Gasteiger partial charge is 0.493 e. The summed E-state index contributed by atoms with van der Waals surface area (Å²) in [5.41, 5.74) is 7.13. The summed E-state index contributed by atoms with van der Waals surface area (Å²) < 4.78 is 5.67. The van der Waals surface area contributed by atoms with Crippen molar-refractivity contribution in [2.45, 2.75) is 32.7 Å². The van der Waals surface area contributed by atoms with Crippen LogP contribution in [0.3, 0.4) is 0 Å². The molecule has 3 N–H and O–H groups in total. The monoisotopic (exact) mass is 376 g/mol. The van der Waals surface area contributed by atoms with Crippen LogP contribution in [0.25, 0.3) is 0 Å². The molecule has 0 saturated heterocycles. The lowest BCUT2D eigenvalue weighted by atomic mass is 9.92. The van der Waals surface area contributed by atoms with Crippen LogP contribution in [-0.2, 0) is 16.8 Å². The van der Waals surface area contributed by atoms with Crippen LogP contribution in [-0.4, -0.2) is 19.1 Å². The molecule has 0 fully saturated rings. The minimum atomic E-state index is -1.03. The molecular weight excluding hydrogens is 348 g/mol. The Hall–Kier alpha value is -2.04. The van der Waals surface area contributed by atoms with E-state index < -0.39 is 5.54 Å². The van der Waals surface area contributed by atoms with Gasteiger partial charge in [0.05, 0.1) is 6.61 Å². The Balaban J connectivity index is 0.00000338. The van der Waals surface area contributed by atoms with Gasteiger partial charge in [0.25, 0.3) is 0 Å². The number of halogens is 1. The fraction of sp³-hybridized carbons (Fsp3) is 0.381. The number of hydrogen-bond acceptors (Lipinski definition) is 3. The van der Waals surface area contributed by atoms with Crippen LogP contribution in [0.4, 0.5) is 0 Å². The number of ether oxygens (including phenoxy) is 1. The lowest BCUT2D eigenvalue weighted by molar-refractivity contribution is -0.126. The van der Waals surface area contributed by atoms with E-state index in [9.17, 15) is 4.79 Å². The van der Waals surface area contributed by atoms with Gasteiger partial charge in [-0.15, -0.1) is 12.4 Å². The highest BCUT2D eigenvalue weighted by Crippen LogP contribution is 2.17. The van der Waals surface area contributed by atoms with Gasteiger partial charge in [0.2, 0.25) is 5.91 Å². The van der Waals surface area contributed by atoms with Gasteiger partial charge in [-0.3, -0.25) is 4.79 Å². The highest BCUT2D eigenvalue weighted by molar-refractivity contribution is 5.87. The second-order valence-electron chi connectivity index (χ2n) is 6.92. The van der Waals surface area contributed by atoms with Crippen molar-refractivity contribution in [3.8, 4) is 5.75 Å². The molecule has 0 heterocycles. The van der Waals surface area contributed by atoms with Crippen molar-refractivity contribution in [1.29, 1.82) is 0 Å². The van der Waals surface area contributed by atoms with E-state index in [2.05, 4.69) is 19.2 Å². The number of nitrogens with one attached hydrogen (secondary N) is 1. The predicted octanol–water partition coefficient (Wildman–Crippen LogP) is 3.68. The standard InChI is InChI=1S/C21H28N2O2.ClH/c1-16(2)15-25-19-11-9-17(10-12-19)13-14-23-20(24)21(3,22)18-7-5-4-6-8-18;/h4-12,16H,13-15,22H2,1-3H3,(H,23,24);1H. The first-order chi connectivity index (χ1) is 11.9. The van der Waals surface area contributed by atoms with E-state index in [0.717, 1.165) is 23.3 Å². The molecule has 0 aliphatic carbocycles. The van der Waals surface area contributed by atoms with Crippen molar-refractivity contribution in [2.75, 3.05) is 13.2 Å². The van der Waals surface area contributed by atoms with Gasteiger partial charge in [0.1, 0.15) is 11.3 Å². The number of benzene rings is 2. The lowest BCUT2D eigenvalue weighted by Crippen LogP contribution is -2.49. The Morgan fingerprint density at radius 2 is 1.73 bits per heavy atom. The van der Waals surface area contributed by atoms with Crippen LogP contribution in [0.2, 0.25) is 0 Å². The highest BCUT2D eigenvalue weighted by Gasteiger charge is 2.29. The summed E-state index contributed by atoms with van der Waals surface area (Å²) in [6.45, 7) is 7.24. The molecule has 0 radical (unpaired) electrons. The number of carbonyl (C=O) groups is 1. The maximum atomic E-state index is 12.4. The van der Waals surface area contributed by atoms with Crippen molar-refractivity contribution in [3.05, 3.63) is 65.7 Å². The van der Waals surface area contributed by atoms with E-state index in [1.807, 2.05) is 54.6 Å². The Kier molecular flexibility index (Phi) is 8.62. The Labute approximate surface area is 162 Å². The van der Waals surface area contributed by atoms with Crippen molar-refractivity contribution in [2.24, 2.45) is 11.7 Å². The zero-order valence-corrected chi connectivity index (χ0v) is 16.5. The average molecular weight is 377 g/mol. The van der Waals surface area contributed by atoms with Crippen molar-refractivity contribution >= 4 is 18.3 Å². The van der Waals surface area contributed by atoms with Crippen LogP contribution in [0.5, 0.6) is 5.75 Å². The molecular formula is C21H29ClN2O2. The van der Waals surface area contributed by atoms with Crippen molar-refractivity contribution < 1.29 is 9.53 Å². The molecule has 0 saturated carbocycles. The summed E-state index contributed by atoms with van der Waals surface area (Å²) >= 11 is 0. The smallest absolute Gasteiger partial charge is 0.244 e. The molecule has 142 valence electrons. The summed E-state index contributed by atoms with van der Waals surface area (Å²) in [4.78, 5) is 12.4. The van der Waals surface area contributed by atoms with Gasteiger partial charge in [-0.2, -0.15) is 0 Å². The molecule has 2 aromatic carbocycles. The molecule has 0 aliphatic heterocycles. The number of carbonyl (C=O) groups excluding carboxylic acids is 1. The predicted molar refractivity (Wildman–Crippen MR) is 109 cm³/mol. The molecule has 26 heavy (non-hydrogen) atoms. The summed E-state index contributed by atoms with van der Waals surface area (Å²) in [5, 5.41) is 2.93. The first-order valence-corrected chi connectivity index (χ1v) is 8.74. The summed E-state index contributed by atoms with van der Waals surface area (Å²) in [7, 11) is 0. The van der Waals surface area contributed by atoms with E-state index in [1.165, 1.54) is 0 Å². The van der Waals surface area contributed by atoms with Crippen molar-refractivity contribution in [3.63, 3.8) is 0 Å². The van der Waals surface area contributed by atoms with Gasteiger partial charge < -0.3 is 15.8 Å². The van der Waals surface area contributed by atoms with E-state index in [1.54, 1.807) is 6.92 Å². The first kappa shape index (κ1) is 22.0. The van der Waals surface area contributed by atoms with Gasteiger partial charge in [-0.25, -0.2) is 0 Å². The summed E-state index contributed by atoms with van der Waals surface area (Å²) in [5.74, 6) is 1.21. The maximum Gasteiger partial charge on any atom is 0.244 e. The molecule has 1 atom stereocenters. The minimum Gasteiger partial charge on any atom is -0.493 e. The SMILES string of the molecule is CC(C)COc1ccc(CCNC(=O)C(C)(N)c2ccccc2)cc1.Cl. The van der Waals surface area contributed by atoms with E-state index in [-0.39, 0.29) is 18.3 Å². The quantitative estimate of drug-likeness (QED) is 0.738. The summed E-state index contributed by atoms with van der Waals surface area (Å²) in [6, 6.07) is 17.4. The van der Waals surface area contributed by atoms with Crippen LogP contribution >= 0.6 is 12.4 Å². The molecule has 2 aromatic rings. The Morgan fingerprint density at radius 1 is 1.12 bits per heavy atom. The number of hydrogen-bond donors (Lipinski definition) is 2. The third kappa shape index (κ3) is 6.36. The second-order valence-corrected chi connectivity index (χ2v) is 6.92. The van der Waals surface area contributed by atoms with Gasteiger partial charge in [-0.05, 0) is 42.5 Å². The number of nitrogens with two attached hydrogens (primary N) is 1. The fourth-order valence-corrected chi connectivity index (χ4v) is 2.43. The molecule has 0 bridgehead atoms. The first-order valence-electron chi connectivity index (χ1n) is 8.74.